The quantitative estimate of drug-likeness (QED) is 0.252. The average Bonchev–Trinajstić information content (AvgIpc) is 3.59. The Hall–Kier alpha value is -4.30. The van der Waals surface area contributed by atoms with Crippen molar-refractivity contribution in [1.82, 2.24) is 24.4 Å². The number of hydrogen-bond donors (Lipinski definition) is 1. The minimum Gasteiger partial charge on any atom is -0.493 e. The molecule has 3 aromatic heterocycles. The van der Waals surface area contributed by atoms with Crippen LogP contribution < -0.4 is 14.4 Å². The van der Waals surface area contributed by atoms with Crippen molar-refractivity contribution in [3.05, 3.63) is 78.4 Å². The molecule has 0 amide bonds. The van der Waals surface area contributed by atoms with E-state index in [9.17, 15) is 0 Å². The largest absolute Gasteiger partial charge is 0.493 e. The van der Waals surface area contributed by atoms with Gasteiger partial charge in [-0.15, -0.1) is 0 Å². The summed E-state index contributed by atoms with van der Waals surface area (Å²) < 4.78 is 13.2. The Morgan fingerprint density at radius 2 is 1.59 bits per heavy atom. The number of piperazine rings is 1. The summed E-state index contributed by atoms with van der Waals surface area (Å²) >= 11 is 0. The van der Waals surface area contributed by atoms with Gasteiger partial charge in [0.1, 0.15) is 0 Å². The molecule has 1 fully saturated rings. The minimum atomic E-state index is 0.320. The lowest BCUT2D eigenvalue weighted by Crippen LogP contribution is -2.46. The number of nitrogens with one attached hydrogen (secondary N) is 1. The number of aromatic nitrogens is 4. The minimum absolute atomic E-state index is 0.320. The summed E-state index contributed by atoms with van der Waals surface area (Å²) in [6, 6.07) is 16.9. The zero-order chi connectivity index (χ0) is 28.5. The maximum absolute atomic E-state index is 5.57. The second-order valence-corrected chi connectivity index (χ2v) is 11.0. The molecule has 212 valence electrons. The van der Waals surface area contributed by atoms with Crippen molar-refractivity contribution in [3.63, 3.8) is 0 Å². The predicted octanol–water partition coefficient (Wildman–Crippen LogP) is 6.09. The van der Waals surface area contributed by atoms with Crippen molar-refractivity contribution in [3.8, 4) is 33.9 Å². The van der Waals surface area contributed by atoms with E-state index in [1.54, 1.807) is 14.2 Å². The third kappa shape index (κ3) is 5.27. The lowest BCUT2D eigenvalue weighted by molar-refractivity contribution is 0.244. The van der Waals surface area contributed by atoms with E-state index in [2.05, 4.69) is 82.8 Å². The molecule has 0 spiro atoms. The molecule has 1 aliphatic rings. The molecular weight excluding hydrogens is 512 g/mol. The standard InChI is InChI=1S/C33H38N6O2/c1-22(2)31-27-17-23(8-10-28(27)36-32(31)24-9-11-29(40-4)30(18-24)41-5)25-19-34-33(35-20-25)39-15-13-38(14-16-39)21-26-7-6-12-37(26)3/h6-12,17-20,22,36H,13-16,21H2,1-5H3. The molecule has 0 atom stereocenters. The maximum atomic E-state index is 5.57. The molecule has 8 nitrogen and oxygen atoms in total. The van der Waals surface area contributed by atoms with E-state index in [1.165, 1.54) is 16.6 Å². The van der Waals surface area contributed by atoms with Crippen LogP contribution in [0.4, 0.5) is 5.95 Å². The van der Waals surface area contributed by atoms with Crippen molar-refractivity contribution in [2.45, 2.75) is 26.3 Å². The Morgan fingerprint density at radius 1 is 0.854 bits per heavy atom. The molecule has 6 rings (SSSR count). The number of hydrogen-bond acceptors (Lipinski definition) is 6. The first-order chi connectivity index (χ1) is 19.9. The highest BCUT2D eigenvalue weighted by Gasteiger charge is 2.21. The Bertz CT molecular complexity index is 1640. The van der Waals surface area contributed by atoms with Gasteiger partial charge < -0.3 is 23.9 Å². The van der Waals surface area contributed by atoms with E-state index in [-0.39, 0.29) is 0 Å². The summed E-state index contributed by atoms with van der Waals surface area (Å²) in [5.41, 5.74) is 8.02. The van der Waals surface area contributed by atoms with Crippen LogP contribution >= 0.6 is 0 Å². The van der Waals surface area contributed by atoms with Gasteiger partial charge in [0.2, 0.25) is 5.95 Å². The first kappa shape index (κ1) is 26.9. The van der Waals surface area contributed by atoms with Gasteiger partial charge in [-0.3, -0.25) is 4.90 Å². The highest BCUT2D eigenvalue weighted by molar-refractivity contribution is 5.94. The summed E-state index contributed by atoms with van der Waals surface area (Å²) in [6.07, 6.45) is 6.02. The molecule has 0 unspecified atom stereocenters. The molecule has 4 heterocycles. The molecule has 2 aromatic carbocycles. The third-order valence-corrected chi connectivity index (χ3v) is 8.15. The van der Waals surface area contributed by atoms with Crippen LogP contribution in [0.5, 0.6) is 11.5 Å². The number of aryl methyl sites for hydroxylation is 1. The highest BCUT2D eigenvalue weighted by atomic mass is 16.5. The van der Waals surface area contributed by atoms with Crippen LogP contribution in [0.2, 0.25) is 0 Å². The van der Waals surface area contributed by atoms with Gasteiger partial charge in [-0.1, -0.05) is 19.9 Å². The normalized spacial score (nSPS) is 14.2. The van der Waals surface area contributed by atoms with Crippen molar-refractivity contribution in [2.75, 3.05) is 45.3 Å². The van der Waals surface area contributed by atoms with Crippen LogP contribution in [-0.2, 0) is 13.6 Å². The van der Waals surface area contributed by atoms with Gasteiger partial charge in [-0.05, 0) is 59.5 Å². The van der Waals surface area contributed by atoms with Crippen LogP contribution in [0, 0.1) is 0 Å². The first-order valence-electron chi connectivity index (χ1n) is 14.2. The molecule has 1 N–H and O–H groups in total. The molecular formula is C33H38N6O2. The number of nitrogens with zero attached hydrogens (tertiary/aromatic N) is 5. The monoisotopic (exact) mass is 550 g/mol. The molecule has 41 heavy (non-hydrogen) atoms. The van der Waals surface area contributed by atoms with Crippen LogP contribution in [-0.4, -0.2) is 64.8 Å². The van der Waals surface area contributed by atoms with Gasteiger partial charge in [-0.25, -0.2) is 9.97 Å². The van der Waals surface area contributed by atoms with Crippen LogP contribution in [0.15, 0.2) is 67.1 Å². The topological polar surface area (TPSA) is 71.4 Å². The van der Waals surface area contributed by atoms with Crippen LogP contribution in [0.3, 0.4) is 0 Å². The molecule has 1 saturated heterocycles. The predicted molar refractivity (Wildman–Crippen MR) is 165 cm³/mol. The Labute approximate surface area is 241 Å². The number of benzene rings is 2. The molecule has 0 saturated carbocycles. The van der Waals surface area contributed by atoms with Gasteiger partial charge in [0.15, 0.2) is 11.5 Å². The number of ether oxygens (including phenoxy) is 2. The fourth-order valence-corrected chi connectivity index (χ4v) is 5.84. The van der Waals surface area contributed by atoms with E-state index in [0.717, 1.165) is 72.3 Å². The Balaban J connectivity index is 1.22. The van der Waals surface area contributed by atoms with Crippen LogP contribution in [0.25, 0.3) is 33.3 Å². The number of rotatable bonds is 8. The zero-order valence-corrected chi connectivity index (χ0v) is 24.5. The molecule has 5 aromatic rings. The second kappa shape index (κ2) is 11.3. The van der Waals surface area contributed by atoms with Crippen LogP contribution in [0.1, 0.15) is 31.0 Å². The summed E-state index contributed by atoms with van der Waals surface area (Å²) in [7, 11) is 5.43. The lowest BCUT2D eigenvalue weighted by atomic mass is 9.94. The number of fused-ring (bicyclic) bond motifs is 1. The fraction of sp³-hybridized carbons (Fsp3) is 0.333. The SMILES string of the molecule is COc1ccc(-c2[nH]c3ccc(-c4cnc(N5CCN(Cc6cccn6C)CC5)nc4)cc3c2C(C)C)cc1OC. The van der Waals surface area contributed by atoms with Crippen molar-refractivity contribution >= 4 is 16.9 Å². The smallest absolute Gasteiger partial charge is 0.225 e. The van der Waals surface area contributed by atoms with Crippen molar-refractivity contribution < 1.29 is 9.47 Å². The summed E-state index contributed by atoms with van der Waals surface area (Å²) in [5, 5.41) is 1.21. The third-order valence-electron chi connectivity index (χ3n) is 8.15. The van der Waals surface area contributed by atoms with E-state index >= 15 is 0 Å². The molecule has 0 radical (unpaired) electrons. The van der Waals surface area contributed by atoms with Gasteiger partial charge in [0.05, 0.1) is 19.9 Å². The Kier molecular flexibility index (Phi) is 7.41. The second-order valence-electron chi connectivity index (χ2n) is 11.0. The number of methoxy groups -OCH3 is 2. The first-order valence-corrected chi connectivity index (χ1v) is 14.2. The van der Waals surface area contributed by atoms with Crippen molar-refractivity contribution in [2.24, 2.45) is 7.05 Å². The number of aromatic amines is 1. The molecule has 8 heteroatoms. The number of H-pyrrole nitrogens is 1. The summed E-state index contributed by atoms with van der Waals surface area (Å²) in [4.78, 5) is 18.0. The van der Waals surface area contributed by atoms with E-state index in [4.69, 9.17) is 19.4 Å². The van der Waals surface area contributed by atoms with Gasteiger partial charge in [0.25, 0.3) is 0 Å². The number of anilines is 1. The molecule has 0 aliphatic carbocycles. The molecule has 1 aliphatic heterocycles. The average molecular weight is 551 g/mol. The molecule has 0 bridgehead atoms. The highest BCUT2D eigenvalue weighted by Crippen LogP contribution is 2.40. The fourth-order valence-electron chi connectivity index (χ4n) is 5.84. The maximum Gasteiger partial charge on any atom is 0.225 e. The van der Waals surface area contributed by atoms with E-state index in [0.29, 0.717) is 11.7 Å². The van der Waals surface area contributed by atoms with E-state index < -0.39 is 0 Å². The summed E-state index contributed by atoms with van der Waals surface area (Å²) in [6.45, 7) is 9.30. The van der Waals surface area contributed by atoms with Gasteiger partial charge >= 0.3 is 0 Å². The van der Waals surface area contributed by atoms with Crippen molar-refractivity contribution in [1.29, 1.82) is 0 Å². The van der Waals surface area contributed by atoms with Gasteiger partial charge in [0, 0.05) is 86.1 Å². The van der Waals surface area contributed by atoms with E-state index in [1.807, 2.05) is 24.5 Å². The Morgan fingerprint density at radius 3 is 2.24 bits per heavy atom. The van der Waals surface area contributed by atoms with Gasteiger partial charge in [-0.2, -0.15) is 0 Å². The summed E-state index contributed by atoms with van der Waals surface area (Å²) in [5.74, 6) is 2.56. The zero-order valence-electron chi connectivity index (χ0n) is 24.5. The lowest BCUT2D eigenvalue weighted by Gasteiger charge is -2.34.